The van der Waals surface area contributed by atoms with Gasteiger partial charge in [-0.1, -0.05) is 18.2 Å². The first-order valence-electron chi connectivity index (χ1n) is 10.5. The van der Waals surface area contributed by atoms with E-state index in [0.29, 0.717) is 17.9 Å². The molecule has 1 atom stereocenters. The number of ether oxygens (including phenoxy) is 2. The molecule has 0 saturated heterocycles. The third-order valence-electron chi connectivity index (χ3n) is 5.29. The highest BCUT2D eigenvalue weighted by molar-refractivity contribution is 6.07. The van der Waals surface area contributed by atoms with Crippen LogP contribution in [-0.2, 0) is 11.3 Å². The maximum atomic E-state index is 12.8. The predicted octanol–water partition coefficient (Wildman–Crippen LogP) is 3.46. The van der Waals surface area contributed by atoms with Crippen LogP contribution in [0.1, 0.15) is 28.5 Å². The number of aliphatic hydroxyl groups excluding tert-OH is 1. The van der Waals surface area contributed by atoms with Gasteiger partial charge in [0.1, 0.15) is 18.5 Å². The number of rotatable bonds is 8. The number of benzene rings is 2. The molecule has 8 heteroatoms. The van der Waals surface area contributed by atoms with Crippen LogP contribution < -0.4 is 4.74 Å². The lowest BCUT2D eigenvalue weighted by molar-refractivity contribution is 0.0527. The molecule has 0 aliphatic carbocycles. The number of aromatic nitrogens is 4. The van der Waals surface area contributed by atoms with E-state index >= 15 is 0 Å². The van der Waals surface area contributed by atoms with Crippen molar-refractivity contribution < 1.29 is 19.4 Å². The molecule has 0 aliphatic heterocycles. The fourth-order valence-electron chi connectivity index (χ4n) is 3.84. The molecule has 0 saturated carbocycles. The predicted molar refractivity (Wildman–Crippen MR) is 120 cm³/mol. The molecule has 2 heterocycles. The van der Waals surface area contributed by atoms with Crippen molar-refractivity contribution in [1.82, 2.24) is 19.6 Å². The summed E-state index contributed by atoms with van der Waals surface area (Å²) < 4.78 is 13.2. The van der Waals surface area contributed by atoms with E-state index in [-0.39, 0.29) is 19.1 Å². The van der Waals surface area contributed by atoms with Crippen LogP contribution >= 0.6 is 0 Å². The second-order valence-electron chi connectivity index (χ2n) is 7.53. The Bertz CT molecular complexity index is 1230. The average molecular weight is 434 g/mol. The number of hydrogen-bond acceptors (Lipinski definition) is 6. The van der Waals surface area contributed by atoms with Crippen LogP contribution in [0.2, 0.25) is 0 Å². The Morgan fingerprint density at radius 2 is 1.88 bits per heavy atom. The molecule has 4 rings (SSSR count). The molecule has 0 amide bonds. The smallest absolute Gasteiger partial charge is 0.340 e. The van der Waals surface area contributed by atoms with Gasteiger partial charge < -0.3 is 19.1 Å². The van der Waals surface area contributed by atoms with Crippen molar-refractivity contribution in [2.24, 2.45) is 0 Å². The SMILES string of the molecule is CCOC(=O)c1c(C)n(-c2ccccc2C)c2ccc(OCC(O)Cn3nccn3)cc12. The largest absolute Gasteiger partial charge is 0.491 e. The zero-order chi connectivity index (χ0) is 22.7. The molecule has 1 unspecified atom stereocenters. The Hall–Kier alpha value is -3.65. The number of carbonyl (C=O) groups is 1. The molecule has 0 aliphatic rings. The van der Waals surface area contributed by atoms with Crippen molar-refractivity contribution in [1.29, 1.82) is 0 Å². The Labute approximate surface area is 186 Å². The van der Waals surface area contributed by atoms with Crippen LogP contribution in [0.4, 0.5) is 0 Å². The molecular weight excluding hydrogens is 408 g/mol. The maximum absolute atomic E-state index is 12.8. The van der Waals surface area contributed by atoms with Crippen LogP contribution in [0.25, 0.3) is 16.6 Å². The summed E-state index contributed by atoms with van der Waals surface area (Å²) in [6.45, 7) is 6.33. The summed E-state index contributed by atoms with van der Waals surface area (Å²) in [5.41, 5.74) is 4.29. The first-order chi connectivity index (χ1) is 15.5. The minimum atomic E-state index is -0.777. The molecule has 0 fully saturated rings. The van der Waals surface area contributed by atoms with Crippen molar-refractivity contribution >= 4 is 16.9 Å². The lowest BCUT2D eigenvalue weighted by Crippen LogP contribution is -2.24. The van der Waals surface area contributed by atoms with E-state index in [1.807, 2.05) is 56.3 Å². The highest BCUT2D eigenvalue weighted by Crippen LogP contribution is 2.33. The summed E-state index contributed by atoms with van der Waals surface area (Å²) >= 11 is 0. The second kappa shape index (κ2) is 9.23. The number of hydrogen-bond donors (Lipinski definition) is 1. The average Bonchev–Trinajstić information content (AvgIpc) is 3.38. The number of fused-ring (bicyclic) bond motifs is 1. The van der Waals surface area contributed by atoms with Gasteiger partial charge in [0.15, 0.2) is 0 Å². The summed E-state index contributed by atoms with van der Waals surface area (Å²) in [6, 6.07) is 13.6. The van der Waals surface area contributed by atoms with Gasteiger partial charge in [0.2, 0.25) is 0 Å². The van der Waals surface area contributed by atoms with Gasteiger partial charge in [-0.3, -0.25) is 0 Å². The number of carbonyl (C=O) groups excluding carboxylic acids is 1. The van der Waals surface area contributed by atoms with Gasteiger partial charge in [0, 0.05) is 16.8 Å². The van der Waals surface area contributed by atoms with E-state index in [1.165, 1.54) is 4.80 Å². The van der Waals surface area contributed by atoms with Crippen molar-refractivity contribution in [2.75, 3.05) is 13.2 Å². The molecule has 0 bridgehead atoms. The molecular formula is C24H26N4O4. The molecule has 32 heavy (non-hydrogen) atoms. The minimum Gasteiger partial charge on any atom is -0.491 e. The zero-order valence-electron chi connectivity index (χ0n) is 18.4. The summed E-state index contributed by atoms with van der Waals surface area (Å²) in [4.78, 5) is 14.2. The second-order valence-corrected chi connectivity index (χ2v) is 7.53. The third kappa shape index (κ3) is 4.22. The van der Waals surface area contributed by atoms with Crippen molar-refractivity contribution in [3.8, 4) is 11.4 Å². The standard InChI is InChI=1S/C24H26N4O4/c1-4-31-24(30)23-17(3)28(21-8-6-5-7-16(21)2)22-10-9-19(13-20(22)23)32-15-18(29)14-27-25-11-12-26-27/h5-13,18,29H,4,14-15H2,1-3H3. The molecule has 4 aromatic rings. The van der Waals surface area contributed by atoms with Gasteiger partial charge in [-0.05, 0) is 50.6 Å². The van der Waals surface area contributed by atoms with Crippen LogP contribution in [0.3, 0.4) is 0 Å². The van der Waals surface area contributed by atoms with Gasteiger partial charge in [0.25, 0.3) is 0 Å². The van der Waals surface area contributed by atoms with Gasteiger partial charge >= 0.3 is 5.97 Å². The van der Waals surface area contributed by atoms with Gasteiger partial charge in [-0.25, -0.2) is 4.79 Å². The summed E-state index contributed by atoms with van der Waals surface area (Å²) in [7, 11) is 0. The number of aliphatic hydroxyl groups is 1. The summed E-state index contributed by atoms with van der Waals surface area (Å²) in [6.07, 6.45) is 2.33. The first-order valence-corrected chi connectivity index (χ1v) is 10.5. The Kier molecular flexibility index (Phi) is 6.23. The van der Waals surface area contributed by atoms with Crippen molar-refractivity contribution in [3.63, 3.8) is 0 Å². The van der Waals surface area contributed by atoms with Gasteiger partial charge in [0.05, 0.1) is 36.6 Å². The quantitative estimate of drug-likeness (QED) is 0.427. The zero-order valence-corrected chi connectivity index (χ0v) is 18.4. The highest BCUT2D eigenvalue weighted by atomic mass is 16.5. The normalized spacial score (nSPS) is 12.1. The fraction of sp³-hybridized carbons (Fsp3) is 0.292. The molecule has 0 spiro atoms. The minimum absolute atomic E-state index is 0.0687. The van der Waals surface area contributed by atoms with E-state index < -0.39 is 6.10 Å². The molecule has 1 N–H and O–H groups in total. The number of esters is 1. The molecule has 166 valence electrons. The van der Waals surface area contributed by atoms with Crippen LogP contribution in [0, 0.1) is 13.8 Å². The highest BCUT2D eigenvalue weighted by Gasteiger charge is 2.23. The van der Waals surface area contributed by atoms with E-state index in [9.17, 15) is 9.90 Å². The Morgan fingerprint density at radius 3 is 2.59 bits per heavy atom. The monoisotopic (exact) mass is 434 g/mol. The summed E-state index contributed by atoms with van der Waals surface area (Å²) in [5, 5.41) is 18.9. The molecule has 2 aromatic heterocycles. The van der Waals surface area contributed by atoms with Crippen molar-refractivity contribution in [2.45, 2.75) is 33.4 Å². The lowest BCUT2D eigenvalue weighted by Gasteiger charge is -2.13. The Balaban J connectivity index is 1.70. The maximum Gasteiger partial charge on any atom is 0.340 e. The molecule has 8 nitrogen and oxygen atoms in total. The van der Waals surface area contributed by atoms with Crippen LogP contribution in [0.15, 0.2) is 54.9 Å². The molecule has 0 radical (unpaired) electrons. The van der Waals surface area contributed by atoms with Gasteiger partial charge in [-0.15, -0.1) is 0 Å². The van der Waals surface area contributed by atoms with Crippen LogP contribution in [-0.4, -0.2) is 50.0 Å². The van der Waals surface area contributed by atoms with Crippen molar-refractivity contribution in [3.05, 3.63) is 71.7 Å². The Morgan fingerprint density at radius 1 is 1.12 bits per heavy atom. The van der Waals surface area contributed by atoms with E-state index in [4.69, 9.17) is 9.47 Å². The van der Waals surface area contributed by atoms with E-state index in [0.717, 1.165) is 27.8 Å². The van der Waals surface area contributed by atoms with Gasteiger partial charge in [-0.2, -0.15) is 15.0 Å². The number of aryl methyl sites for hydroxylation is 1. The van der Waals surface area contributed by atoms with E-state index in [1.54, 1.807) is 19.3 Å². The third-order valence-corrected chi connectivity index (χ3v) is 5.29. The van der Waals surface area contributed by atoms with Crippen LogP contribution in [0.5, 0.6) is 5.75 Å². The lowest BCUT2D eigenvalue weighted by atomic mass is 10.1. The topological polar surface area (TPSA) is 91.4 Å². The summed E-state index contributed by atoms with van der Waals surface area (Å²) in [5.74, 6) is 0.182. The first kappa shape index (κ1) is 21.6. The fourth-order valence-corrected chi connectivity index (χ4v) is 3.84. The number of para-hydroxylation sites is 1. The van der Waals surface area contributed by atoms with E-state index in [2.05, 4.69) is 14.8 Å². The molecule has 2 aromatic carbocycles. The number of nitrogens with zero attached hydrogens (tertiary/aromatic N) is 4.